The van der Waals surface area contributed by atoms with Gasteiger partial charge in [-0.3, -0.25) is 0 Å². The van der Waals surface area contributed by atoms with Crippen LogP contribution in [0.25, 0.3) is 17.0 Å². The summed E-state index contributed by atoms with van der Waals surface area (Å²) >= 11 is 0. The van der Waals surface area contributed by atoms with Crippen LogP contribution < -0.4 is 4.74 Å². The van der Waals surface area contributed by atoms with Gasteiger partial charge in [0, 0.05) is 16.6 Å². The molecule has 1 aromatic carbocycles. The molecule has 1 aromatic heterocycles. The van der Waals surface area contributed by atoms with Gasteiger partial charge in [0.1, 0.15) is 5.75 Å². The number of aromatic nitrogens is 1. The fourth-order valence-corrected chi connectivity index (χ4v) is 1.70. The lowest BCUT2D eigenvalue weighted by atomic mass is 10.2. The third kappa shape index (κ3) is 2.68. The topological polar surface area (TPSA) is 45.2 Å². The zero-order chi connectivity index (χ0) is 12.3. The van der Waals surface area contributed by atoms with E-state index in [0.717, 1.165) is 28.8 Å². The van der Waals surface area contributed by atoms with Crippen LogP contribution in [0.15, 0.2) is 30.3 Å². The number of hydrogen-bond donors (Lipinski definition) is 2. The van der Waals surface area contributed by atoms with Crippen LogP contribution >= 0.6 is 0 Å². The smallest absolute Gasteiger partial charge is 0.119 e. The number of fused-ring (bicyclic) bond motifs is 1. The van der Waals surface area contributed by atoms with Crippen LogP contribution in [0.3, 0.4) is 0 Å². The summed E-state index contributed by atoms with van der Waals surface area (Å²) in [4.78, 5) is 3.27. The summed E-state index contributed by atoms with van der Waals surface area (Å²) in [5.74, 6) is 0.848. The monoisotopic (exact) mass is 231 g/mol. The van der Waals surface area contributed by atoms with Gasteiger partial charge in [0.2, 0.25) is 0 Å². The molecule has 0 saturated heterocycles. The predicted octanol–water partition coefficient (Wildman–Crippen LogP) is 2.96. The fourth-order valence-electron chi connectivity index (χ4n) is 1.70. The number of nitrogens with one attached hydrogen (secondary N) is 1. The first-order chi connectivity index (χ1) is 8.22. The second-order valence-corrected chi connectivity index (χ2v) is 4.01. The summed E-state index contributed by atoms with van der Waals surface area (Å²) in [6, 6.07) is 7.94. The van der Waals surface area contributed by atoms with Crippen molar-refractivity contribution in [2.75, 3.05) is 7.11 Å². The van der Waals surface area contributed by atoms with Gasteiger partial charge in [0.05, 0.1) is 13.2 Å². The minimum atomic E-state index is -0.379. The van der Waals surface area contributed by atoms with Gasteiger partial charge >= 0.3 is 0 Å². The van der Waals surface area contributed by atoms with Crippen molar-refractivity contribution in [3.63, 3.8) is 0 Å². The molecule has 0 fully saturated rings. The van der Waals surface area contributed by atoms with Crippen molar-refractivity contribution in [1.29, 1.82) is 0 Å². The Kier molecular flexibility index (Phi) is 3.49. The Labute approximate surface area is 101 Å². The van der Waals surface area contributed by atoms with E-state index in [9.17, 15) is 5.11 Å². The normalized spacial score (nSPS) is 13.4. The molecule has 0 spiro atoms. The van der Waals surface area contributed by atoms with Gasteiger partial charge in [-0.2, -0.15) is 0 Å². The Hall–Kier alpha value is -1.74. The Balaban J connectivity index is 2.28. The Bertz CT molecular complexity index is 528. The van der Waals surface area contributed by atoms with E-state index in [1.54, 1.807) is 13.2 Å². The van der Waals surface area contributed by atoms with Crippen molar-refractivity contribution < 1.29 is 9.84 Å². The first kappa shape index (κ1) is 11.7. The minimum Gasteiger partial charge on any atom is -0.497 e. The number of aliphatic hydroxyl groups is 1. The molecule has 17 heavy (non-hydrogen) atoms. The highest BCUT2D eigenvalue weighted by atomic mass is 16.5. The van der Waals surface area contributed by atoms with E-state index in [-0.39, 0.29) is 6.10 Å². The number of H-pyrrole nitrogens is 1. The number of aliphatic hydroxyl groups excluding tert-OH is 1. The fraction of sp³-hybridized carbons (Fsp3) is 0.286. The lowest BCUT2D eigenvalue weighted by Crippen LogP contribution is -1.97. The molecular weight excluding hydrogens is 214 g/mol. The van der Waals surface area contributed by atoms with Crippen LogP contribution in [0.1, 0.15) is 19.0 Å². The first-order valence-corrected chi connectivity index (χ1v) is 5.76. The molecule has 2 N–H and O–H groups in total. The van der Waals surface area contributed by atoms with Gasteiger partial charge in [-0.25, -0.2) is 0 Å². The molecule has 0 aliphatic carbocycles. The van der Waals surface area contributed by atoms with Crippen LogP contribution in [0.2, 0.25) is 0 Å². The maximum absolute atomic E-state index is 9.46. The van der Waals surface area contributed by atoms with Crippen LogP contribution in [-0.4, -0.2) is 23.3 Å². The van der Waals surface area contributed by atoms with E-state index < -0.39 is 0 Å². The Morgan fingerprint density at radius 2 is 2.24 bits per heavy atom. The summed E-state index contributed by atoms with van der Waals surface area (Å²) in [5.41, 5.74) is 2.05. The van der Waals surface area contributed by atoms with Crippen molar-refractivity contribution in [3.8, 4) is 5.75 Å². The summed E-state index contributed by atoms with van der Waals surface area (Å²) in [6.07, 6.45) is 4.04. The third-order valence-corrected chi connectivity index (χ3v) is 2.76. The van der Waals surface area contributed by atoms with Crippen LogP contribution in [0, 0.1) is 0 Å². The summed E-state index contributed by atoms with van der Waals surface area (Å²) in [6.45, 7) is 1.95. The first-order valence-electron chi connectivity index (χ1n) is 5.76. The van der Waals surface area contributed by atoms with E-state index in [0.29, 0.717) is 0 Å². The predicted molar refractivity (Wildman–Crippen MR) is 70.2 cm³/mol. The molecular formula is C14H17NO2. The number of rotatable bonds is 4. The van der Waals surface area contributed by atoms with Gasteiger partial charge in [-0.05, 0) is 36.8 Å². The van der Waals surface area contributed by atoms with E-state index in [1.165, 1.54) is 0 Å². The summed E-state index contributed by atoms with van der Waals surface area (Å²) in [5, 5.41) is 10.6. The molecule has 0 radical (unpaired) electrons. The van der Waals surface area contributed by atoms with Crippen molar-refractivity contribution in [3.05, 3.63) is 36.0 Å². The average molecular weight is 231 g/mol. The largest absolute Gasteiger partial charge is 0.497 e. The number of ether oxygens (including phenoxy) is 1. The van der Waals surface area contributed by atoms with E-state index in [1.807, 2.05) is 37.3 Å². The van der Waals surface area contributed by atoms with Gasteiger partial charge in [0.15, 0.2) is 0 Å². The number of aromatic amines is 1. The molecule has 2 aromatic rings. The van der Waals surface area contributed by atoms with E-state index >= 15 is 0 Å². The molecule has 1 unspecified atom stereocenters. The number of hydrogen-bond acceptors (Lipinski definition) is 2. The SMILES string of the molecule is CCC(O)C=Cc1cc2cc(OC)ccc2[nH]1. The highest BCUT2D eigenvalue weighted by Gasteiger charge is 2.00. The summed E-state index contributed by atoms with van der Waals surface area (Å²) < 4.78 is 5.18. The molecule has 90 valence electrons. The standard InChI is InChI=1S/C14H17NO2/c1-3-12(16)5-4-11-8-10-9-13(17-2)6-7-14(10)15-11/h4-9,12,15-16H,3H2,1-2H3. The van der Waals surface area contributed by atoms with Gasteiger partial charge < -0.3 is 14.8 Å². The number of methoxy groups -OCH3 is 1. The molecule has 1 heterocycles. The van der Waals surface area contributed by atoms with E-state index in [4.69, 9.17) is 4.74 Å². The lowest BCUT2D eigenvalue weighted by Gasteiger charge is -1.97. The second-order valence-electron chi connectivity index (χ2n) is 4.01. The molecule has 1 atom stereocenters. The Morgan fingerprint density at radius 3 is 2.94 bits per heavy atom. The van der Waals surface area contributed by atoms with Gasteiger partial charge in [0.25, 0.3) is 0 Å². The van der Waals surface area contributed by atoms with E-state index in [2.05, 4.69) is 4.98 Å². The highest BCUT2D eigenvalue weighted by molar-refractivity contribution is 5.84. The summed E-state index contributed by atoms with van der Waals surface area (Å²) in [7, 11) is 1.66. The zero-order valence-corrected chi connectivity index (χ0v) is 10.1. The molecule has 3 heteroatoms. The van der Waals surface area contributed by atoms with Crippen LogP contribution in [0.4, 0.5) is 0 Å². The zero-order valence-electron chi connectivity index (χ0n) is 10.1. The molecule has 0 aliphatic heterocycles. The van der Waals surface area contributed by atoms with Crippen molar-refractivity contribution in [1.82, 2.24) is 4.98 Å². The van der Waals surface area contributed by atoms with Crippen molar-refractivity contribution >= 4 is 17.0 Å². The molecule has 0 saturated carbocycles. The van der Waals surface area contributed by atoms with Crippen molar-refractivity contribution in [2.45, 2.75) is 19.4 Å². The second kappa shape index (κ2) is 5.06. The molecule has 3 nitrogen and oxygen atoms in total. The van der Waals surface area contributed by atoms with Crippen molar-refractivity contribution in [2.24, 2.45) is 0 Å². The molecule has 0 aliphatic rings. The maximum Gasteiger partial charge on any atom is 0.119 e. The minimum absolute atomic E-state index is 0.379. The van der Waals surface area contributed by atoms with Gasteiger partial charge in [-0.15, -0.1) is 0 Å². The molecule has 0 bridgehead atoms. The molecule has 2 rings (SSSR count). The van der Waals surface area contributed by atoms with Crippen LogP contribution in [0.5, 0.6) is 5.75 Å². The highest BCUT2D eigenvalue weighted by Crippen LogP contribution is 2.21. The van der Waals surface area contributed by atoms with Crippen LogP contribution in [-0.2, 0) is 0 Å². The average Bonchev–Trinajstić information content (AvgIpc) is 2.77. The number of benzene rings is 1. The lowest BCUT2D eigenvalue weighted by molar-refractivity contribution is 0.220. The third-order valence-electron chi connectivity index (χ3n) is 2.76. The quantitative estimate of drug-likeness (QED) is 0.849. The van der Waals surface area contributed by atoms with Gasteiger partial charge in [-0.1, -0.05) is 13.0 Å². The Morgan fingerprint density at radius 1 is 1.41 bits per heavy atom. The maximum atomic E-state index is 9.46. The molecule has 0 amide bonds.